The minimum atomic E-state index is -0.269. The van der Waals surface area contributed by atoms with E-state index < -0.39 is 0 Å². The highest BCUT2D eigenvalue weighted by molar-refractivity contribution is 6.36. The Labute approximate surface area is 83.6 Å². The zero-order chi connectivity index (χ0) is 9.94. The fourth-order valence-corrected chi connectivity index (χ4v) is 2.73. The van der Waals surface area contributed by atoms with Gasteiger partial charge in [0.25, 0.3) is 0 Å². The molecule has 0 aromatic rings. The van der Waals surface area contributed by atoms with Gasteiger partial charge in [-0.2, -0.15) is 0 Å². The molecule has 0 rings (SSSR count). The van der Waals surface area contributed by atoms with Crippen LogP contribution in [0.2, 0.25) is 6.04 Å². The minimum absolute atomic E-state index is 0.0971. The molecule has 0 heterocycles. The number of hydrogen-bond acceptors (Lipinski definition) is 3. The van der Waals surface area contributed by atoms with Crippen molar-refractivity contribution >= 4 is 9.52 Å². The van der Waals surface area contributed by atoms with Crippen LogP contribution in [0.3, 0.4) is 0 Å². The summed E-state index contributed by atoms with van der Waals surface area (Å²) in [6.07, 6.45) is 1.08. The van der Waals surface area contributed by atoms with Crippen molar-refractivity contribution in [3.63, 3.8) is 0 Å². The molecule has 3 nitrogen and oxygen atoms in total. The maximum atomic E-state index is 5.45. The van der Waals surface area contributed by atoms with Crippen LogP contribution in [0.5, 0.6) is 0 Å². The van der Waals surface area contributed by atoms with E-state index in [2.05, 4.69) is 7.11 Å². The molecule has 0 aromatic heterocycles. The molecule has 1 radical (unpaired) electrons. The quantitative estimate of drug-likeness (QED) is 0.321. The van der Waals surface area contributed by atoms with Crippen LogP contribution in [-0.2, 0) is 14.2 Å². The highest BCUT2D eigenvalue weighted by Gasteiger charge is 2.07. The van der Waals surface area contributed by atoms with E-state index in [1.807, 2.05) is 13.8 Å². The topological polar surface area (TPSA) is 27.7 Å². The van der Waals surface area contributed by atoms with Crippen molar-refractivity contribution in [2.75, 3.05) is 19.8 Å². The normalized spacial score (nSPS) is 12.0. The molecule has 0 atom stereocenters. The summed E-state index contributed by atoms with van der Waals surface area (Å²) < 4.78 is 15.6. The number of hydrogen-bond donors (Lipinski definition) is 0. The molecule has 0 unspecified atom stereocenters. The third-order valence-electron chi connectivity index (χ3n) is 1.68. The van der Waals surface area contributed by atoms with Crippen LogP contribution in [0.25, 0.3) is 0 Å². The molecule has 0 aliphatic rings. The predicted octanol–water partition coefficient (Wildman–Crippen LogP) is 1.13. The summed E-state index contributed by atoms with van der Waals surface area (Å²) in [6.45, 7) is 6.23. The summed E-state index contributed by atoms with van der Waals surface area (Å²) in [5.74, 6) is 0.0971. The predicted molar refractivity (Wildman–Crippen MR) is 56.3 cm³/mol. The summed E-state index contributed by atoms with van der Waals surface area (Å²) in [5.41, 5.74) is 0. The summed E-state index contributed by atoms with van der Waals surface area (Å²) in [7, 11) is 3.06. The Hall–Kier alpha value is 0.0969. The molecule has 0 N–H and O–H groups in total. The second-order valence-electron chi connectivity index (χ2n) is 2.74. The van der Waals surface area contributed by atoms with Gasteiger partial charge in [-0.15, -0.1) is 0 Å². The van der Waals surface area contributed by atoms with Crippen LogP contribution in [0.15, 0.2) is 0 Å². The molecule has 0 aliphatic carbocycles. The molecule has 0 aromatic carbocycles. The van der Waals surface area contributed by atoms with E-state index in [4.69, 9.17) is 14.2 Å². The first-order chi connectivity index (χ1) is 6.35. The molecule has 13 heavy (non-hydrogen) atoms. The van der Waals surface area contributed by atoms with Gasteiger partial charge in [-0.05, 0) is 20.3 Å². The van der Waals surface area contributed by atoms with Gasteiger partial charge in [-0.3, -0.25) is 0 Å². The Kier molecular flexibility index (Phi) is 10.3. The SMILES string of the molecule is [CH2]OCCC[SiH2]C(OCC)OCC. The summed E-state index contributed by atoms with van der Waals surface area (Å²) >= 11 is 0. The lowest BCUT2D eigenvalue weighted by molar-refractivity contribution is -0.0828. The van der Waals surface area contributed by atoms with E-state index >= 15 is 0 Å². The van der Waals surface area contributed by atoms with Crippen molar-refractivity contribution in [3.8, 4) is 0 Å². The first kappa shape index (κ1) is 13.1. The fraction of sp³-hybridized carbons (Fsp3) is 0.889. The molecule has 4 heteroatoms. The monoisotopic (exact) mass is 205 g/mol. The molecule has 0 amide bonds. The first-order valence-electron chi connectivity index (χ1n) is 4.95. The molecule has 0 fully saturated rings. The lowest BCUT2D eigenvalue weighted by atomic mass is 10.5. The van der Waals surface area contributed by atoms with Gasteiger partial charge in [0.15, 0.2) is 0 Å². The summed E-state index contributed by atoms with van der Waals surface area (Å²) in [6, 6.07) is 1.19. The first-order valence-corrected chi connectivity index (χ1v) is 6.77. The maximum absolute atomic E-state index is 5.45. The Morgan fingerprint density at radius 3 is 2.31 bits per heavy atom. The number of rotatable bonds is 9. The molecular formula is C9H21O3Si. The van der Waals surface area contributed by atoms with Gasteiger partial charge >= 0.3 is 0 Å². The van der Waals surface area contributed by atoms with Crippen molar-refractivity contribution in [1.29, 1.82) is 0 Å². The van der Waals surface area contributed by atoms with Crippen LogP contribution in [0.4, 0.5) is 0 Å². The van der Waals surface area contributed by atoms with Crippen molar-refractivity contribution in [3.05, 3.63) is 7.11 Å². The molecular weight excluding hydrogens is 184 g/mol. The third kappa shape index (κ3) is 8.43. The van der Waals surface area contributed by atoms with E-state index in [1.54, 1.807) is 0 Å². The molecule has 0 bridgehead atoms. The largest absolute Gasteiger partial charge is 0.379 e. The van der Waals surface area contributed by atoms with Gasteiger partial charge in [-0.1, -0.05) is 6.04 Å². The van der Waals surface area contributed by atoms with Crippen molar-refractivity contribution in [2.45, 2.75) is 32.2 Å². The fourth-order valence-electron chi connectivity index (χ4n) is 1.10. The highest BCUT2D eigenvalue weighted by atomic mass is 28.2. The summed E-state index contributed by atoms with van der Waals surface area (Å²) in [4.78, 5) is 0. The zero-order valence-corrected chi connectivity index (χ0v) is 10.2. The van der Waals surface area contributed by atoms with E-state index in [0.29, 0.717) is 0 Å². The van der Waals surface area contributed by atoms with Gasteiger partial charge in [0.05, 0.1) is 16.6 Å². The Balaban J connectivity index is 3.33. The van der Waals surface area contributed by atoms with Crippen LogP contribution in [-0.4, -0.2) is 35.3 Å². The second kappa shape index (κ2) is 10.2. The second-order valence-corrected chi connectivity index (χ2v) is 4.70. The lowest BCUT2D eigenvalue weighted by Gasteiger charge is -2.16. The van der Waals surface area contributed by atoms with E-state index in [1.165, 1.54) is 6.04 Å². The smallest absolute Gasteiger partial charge is 0.134 e. The molecule has 0 aliphatic heterocycles. The minimum Gasteiger partial charge on any atom is -0.379 e. The van der Waals surface area contributed by atoms with E-state index in [-0.39, 0.29) is 15.4 Å². The van der Waals surface area contributed by atoms with E-state index in [9.17, 15) is 0 Å². The lowest BCUT2D eigenvalue weighted by Crippen LogP contribution is -2.24. The van der Waals surface area contributed by atoms with Crippen LogP contribution in [0, 0.1) is 7.11 Å². The highest BCUT2D eigenvalue weighted by Crippen LogP contribution is 1.99. The van der Waals surface area contributed by atoms with Crippen molar-refractivity contribution < 1.29 is 14.2 Å². The Bertz CT molecular complexity index is 94.9. The molecule has 0 saturated heterocycles. The summed E-state index contributed by atoms with van der Waals surface area (Å²) in [5, 5.41) is 0. The van der Waals surface area contributed by atoms with E-state index in [0.717, 1.165) is 26.2 Å². The van der Waals surface area contributed by atoms with Crippen LogP contribution < -0.4 is 0 Å². The van der Waals surface area contributed by atoms with Crippen molar-refractivity contribution in [1.82, 2.24) is 0 Å². The van der Waals surface area contributed by atoms with Crippen LogP contribution in [0.1, 0.15) is 20.3 Å². The molecule has 0 saturated carbocycles. The van der Waals surface area contributed by atoms with Crippen molar-refractivity contribution in [2.24, 2.45) is 0 Å². The molecule has 0 spiro atoms. The average molecular weight is 205 g/mol. The number of ether oxygens (including phenoxy) is 3. The van der Waals surface area contributed by atoms with Gasteiger partial charge in [0, 0.05) is 19.8 Å². The van der Waals surface area contributed by atoms with Gasteiger partial charge < -0.3 is 14.2 Å². The molecule has 79 valence electrons. The maximum Gasteiger partial charge on any atom is 0.134 e. The zero-order valence-electron chi connectivity index (χ0n) is 8.75. The van der Waals surface area contributed by atoms with Gasteiger partial charge in [0.2, 0.25) is 0 Å². The Morgan fingerprint density at radius 2 is 1.85 bits per heavy atom. The standard InChI is InChI=1S/C9H21O3Si/c1-4-11-9(12-5-2)13-8-6-7-10-3/h9H,3-8,13H2,1-2H3. The average Bonchev–Trinajstić information content (AvgIpc) is 2.13. The Morgan fingerprint density at radius 1 is 1.23 bits per heavy atom. The van der Waals surface area contributed by atoms with Crippen LogP contribution >= 0.6 is 0 Å². The van der Waals surface area contributed by atoms with Gasteiger partial charge in [0.1, 0.15) is 5.91 Å². The van der Waals surface area contributed by atoms with Gasteiger partial charge in [-0.25, -0.2) is 0 Å². The third-order valence-corrected chi connectivity index (χ3v) is 3.53.